The topological polar surface area (TPSA) is 60.4 Å². The van der Waals surface area contributed by atoms with Crippen LogP contribution < -0.4 is 0 Å². The summed E-state index contributed by atoms with van der Waals surface area (Å²) < 4.78 is 11.4. The first kappa shape index (κ1) is 11.6. The van der Waals surface area contributed by atoms with Gasteiger partial charge in [-0.3, -0.25) is 9.59 Å². The van der Waals surface area contributed by atoms with Crippen molar-refractivity contribution < 1.29 is 20.5 Å². The number of allylic oxidation sites excluding steroid dienone is 1. The largest absolute Gasteiger partial charge is 0.466 e. The molecule has 0 N–H and O–H groups in total. The summed E-state index contributed by atoms with van der Waals surface area (Å²) in [5.74, 6) is -0.555. The van der Waals surface area contributed by atoms with Gasteiger partial charge in [0.15, 0.2) is 5.78 Å². The highest BCUT2D eigenvalue weighted by Crippen LogP contribution is 2.00. The van der Waals surface area contributed by atoms with Crippen molar-refractivity contribution in [2.75, 3.05) is 6.61 Å². The Kier molecular flexibility index (Phi) is 6.13. The van der Waals surface area contributed by atoms with Gasteiger partial charge >= 0.3 is 5.97 Å². The van der Waals surface area contributed by atoms with E-state index >= 15 is 0 Å². The van der Waals surface area contributed by atoms with E-state index in [1.54, 1.807) is 6.92 Å². The maximum absolute atomic E-state index is 11.1. The normalized spacial score (nSPS) is 10.3. The molecule has 15 heavy (non-hydrogen) atoms. The van der Waals surface area contributed by atoms with Crippen LogP contribution in [-0.2, 0) is 19.1 Å². The Labute approximate surface area is 90.7 Å². The van der Waals surface area contributed by atoms with Gasteiger partial charge in [-0.05, 0) is 18.9 Å². The third kappa shape index (κ3) is 7.61. The van der Waals surface area contributed by atoms with E-state index in [1.807, 2.05) is 0 Å². The van der Waals surface area contributed by atoms with Gasteiger partial charge in [-0.25, -0.2) is 0 Å². The van der Waals surface area contributed by atoms with Gasteiger partial charge in [-0.15, -0.1) is 0 Å². The van der Waals surface area contributed by atoms with Gasteiger partial charge in [0.1, 0.15) is 7.63 Å². The quantitative estimate of drug-likeness (QED) is 0.265. The molecule has 0 fully saturated rings. The summed E-state index contributed by atoms with van der Waals surface area (Å²) >= 11 is 0. The van der Waals surface area contributed by atoms with Crippen LogP contribution in [0.4, 0.5) is 0 Å². The zero-order valence-corrected chi connectivity index (χ0v) is 8.88. The molecule has 0 radical (unpaired) electrons. The number of rotatable bonds is 8. The first-order chi connectivity index (χ1) is 7.43. The molecule has 0 aromatic heterocycles. The molecule has 84 valence electrons. The second kappa shape index (κ2) is 7.91. The molecular weight excluding hydrogens is 196 g/mol. The summed E-state index contributed by atoms with van der Waals surface area (Å²) in [6.45, 7) is 5.29. The van der Waals surface area contributed by atoms with Crippen molar-refractivity contribution in [3.63, 3.8) is 0 Å². The smallest absolute Gasteiger partial charge is 0.306 e. The van der Waals surface area contributed by atoms with Crippen molar-refractivity contribution in [1.82, 2.24) is 0 Å². The summed E-state index contributed by atoms with van der Waals surface area (Å²) in [6.07, 6.45) is -0.221. The predicted octanol–water partition coefficient (Wildman–Crippen LogP) is 1.43. The molecule has 0 saturated heterocycles. The molecule has 0 saturated carbocycles. The molecule has 0 atom stereocenters. The van der Waals surface area contributed by atoms with Crippen LogP contribution in [0.3, 0.4) is 0 Å². The fourth-order valence-electron chi connectivity index (χ4n) is 0.857. The molecule has 4 heteroatoms. The van der Waals surface area contributed by atoms with Crippen LogP contribution in [0, 0.1) is 0 Å². The number of carbonyl (C=O) groups is 3. The summed E-state index contributed by atoms with van der Waals surface area (Å²) in [5.41, 5.74) is 0.492. The van der Waals surface area contributed by atoms with Crippen molar-refractivity contribution in [3.05, 3.63) is 12.2 Å². The highest BCUT2D eigenvalue weighted by molar-refractivity contribution is 5.94. The molecule has 0 amide bonds. The lowest BCUT2D eigenvalue weighted by molar-refractivity contribution is -0.144. The SMILES string of the molecule is [2H]C(=O)CCC(=O)OCCCC(=O)C(=C)C. The van der Waals surface area contributed by atoms with Gasteiger partial charge < -0.3 is 9.53 Å². The summed E-state index contributed by atoms with van der Waals surface area (Å²) in [7, 11) is 0. The molecule has 0 aromatic carbocycles. The summed E-state index contributed by atoms with van der Waals surface area (Å²) in [4.78, 5) is 32.3. The monoisotopic (exact) mass is 213 g/mol. The number of ether oxygens (including phenoxy) is 1. The standard InChI is InChI=1S/C11H16O4/c1-9(2)10(13)5-4-8-15-11(14)6-3-7-12/h7H,1,3-6,8H2,2H3/i7D. The van der Waals surface area contributed by atoms with Gasteiger partial charge in [0.25, 0.3) is 0 Å². The van der Waals surface area contributed by atoms with E-state index in [2.05, 4.69) is 6.58 Å². The number of carbonyl (C=O) groups excluding carboxylic acids is 3. The van der Waals surface area contributed by atoms with E-state index in [0.717, 1.165) is 0 Å². The number of ketones is 1. The Morgan fingerprint density at radius 2 is 2.13 bits per heavy atom. The van der Waals surface area contributed by atoms with E-state index in [9.17, 15) is 14.4 Å². The zero-order chi connectivity index (χ0) is 12.6. The van der Waals surface area contributed by atoms with Crippen molar-refractivity contribution in [3.8, 4) is 0 Å². The number of esters is 1. The van der Waals surface area contributed by atoms with E-state index in [1.165, 1.54) is 0 Å². The van der Waals surface area contributed by atoms with Crippen LogP contribution in [-0.4, -0.2) is 24.6 Å². The zero-order valence-electron chi connectivity index (χ0n) is 9.88. The Hall–Kier alpha value is -1.45. The van der Waals surface area contributed by atoms with Crippen LogP contribution in [0.5, 0.6) is 0 Å². The van der Waals surface area contributed by atoms with Gasteiger partial charge in [0.2, 0.25) is 0 Å². The molecule has 0 spiro atoms. The molecule has 4 nitrogen and oxygen atoms in total. The second-order valence-corrected chi connectivity index (χ2v) is 3.17. The van der Waals surface area contributed by atoms with Gasteiger partial charge in [0.05, 0.1) is 13.0 Å². The minimum absolute atomic E-state index is 0.0441. The average Bonchev–Trinajstić information content (AvgIpc) is 2.20. The third-order valence-electron chi connectivity index (χ3n) is 1.72. The minimum Gasteiger partial charge on any atom is -0.466 e. The first-order valence-electron chi connectivity index (χ1n) is 5.27. The lowest BCUT2D eigenvalue weighted by atomic mass is 10.1. The molecule has 0 heterocycles. The molecule has 0 aliphatic carbocycles. The number of hydrogen-bond donors (Lipinski definition) is 0. The van der Waals surface area contributed by atoms with Crippen LogP contribution in [0.15, 0.2) is 12.2 Å². The van der Waals surface area contributed by atoms with Gasteiger partial charge in [-0.2, -0.15) is 0 Å². The number of aldehydes is 1. The fraction of sp³-hybridized carbons (Fsp3) is 0.545. The lowest BCUT2D eigenvalue weighted by Crippen LogP contribution is -2.07. The van der Waals surface area contributed by atoms with E-state index in [0.29, 0.717) is 18.4 Å². The summed E-state index contributed by atoms with van der Waals surface area (Å²) in [6, 6.07) is 0. The van der Waals surface area contributed by atoms with Crippen molar-refractivity contribution >= 4 is 18.0 Å². The fourth-order valence-corrected chi connectivity index (χ4v) is 0.857. The minimum atomic E-state index is -0.783. The number of hydrogen-bond acceptors (Lipinski definition) is 4. The van der Waals surface area contributed by atoms with E-state index < -0.39 is 12.2 Å². The molecule has 0 aromatic rings. The second-order valence-electron chi connectivity index (χ2n) is 3.17. The lowest BCUT2D eigenvalue weighted by Gasteiger charge is -2.02. The molecule has 0 aliphatic heterocycles. The van der Waals surface area contributed by atoms with Gasteiger partial charge in [-0.1, -0.05) is 6.58 Å². The predicted molar refractivity (Wildman–Crippen MR) is 55.3 cm³/mol. The Morgan fingerprint density at radius 3 is 2.67 bits per heavy atom. The molecule has 0 unspecified atom stereocenters. The highest BCUT2D eigenvalue weighted by atomic mass is 16.5. The van der Waals surface area contributed by atoms with Crippen LogP contribution in [0.2, 0.25) is 0 Å². The molecule has 0 bridgehead atoms. The molecule has 0 aliphatic rings. The highest BCUT2D eigenvalue weighted by Gasteiger charge is 2.04. The molecular formula is C11H16O4. The van der Waals surface area contributed by atoms with E-state index in [4.69, 9.17) is 6.11 Å². The van der Waals surface area contributed by atoms with Crippen LogP contribution in [0.1, 0.15) is 34.0 Å². The van der Waals surface area contributed by atoms with E-state index in [-0.39, 0.29) is 25.2 Å². The maximum atomic E-state index is 11.1. The van der Waals surface area contributed by atoms with Crippen molar-refractivity contribution in [2.24, 2.45) is 0 Å². The first-order valence-corrected chi connectivity index (χ1v) is 4.77. The Bertz CT molecular complexity index is 296. The van der Waals surface area contributed by atoms with Gasteiger partial charge in [0, 0.05) is 12.8 Å². The number of Topliss-reactive ketones (excluding diaryl/α,β-unsaturated/α-hetero) is 1. The van der Waals surface area contributed by atoms with Crippen molar-refractivity contribution in [1.29, 1.82) is 0 Å². The Balaban J connectivity index is 3.52. The third-order valence-corrected chi connectivity index (χ3v) is 1.72. The Morgan fingerprint density at radius 1 is 1.47 bits per heavy atom. The van der Waals surface area contributed by atoms with Crippen LogP contribution >= 0.6 is 0 Å². The molecule has 0 rings (SSSR count). The average molecular weight is 213 g/mol. The van der Waals surface area contributed by atoms with Crippen molar-refractivity contribution in [2.45, 2.75) is 32.6 Å². The maximum Gasteiger partial charge on any atom is 0.306 e. The summed E-state index contributed by atoms with van der Waals surface area (Å²) in [5, 5.41) is 0. The van der Waals surface area contributed by atoms with Crippen LogP contribution in [0.25, 0.3) is 0 Å².